The third-order valence-electron chi connectivity index (χ3n) is 5.43. The number of carboxylic acid groups (broad SMARTS) is 6. The summed E-state index contributed by atoms with van der Waals surface area (Å²) in [6.07, 6.45) is 0. The number of aromatic nitrogens is 5. The number of carbonyl (C=O) groups excluding carboxylic acids is 6. The van der Waals surface area contributed by atoms with Crippen LogP contribution in [0.15, 0.2) is 91.0 Å². The molecule has 0 spiro atoms. The number of H-pyrrole nitrogens is 2. The summed E-state index contributed by atoms with van der Waals surface area (Å²) in [7, 11) is 0. The Morgan fingerprint density at radius 2 is 0.600 bits per heavy atom. The van der Waals surface area contributed by atoms with E-state index in [-0.39, 0.29) is 37.2 Å². The summed E-state index contributed by atoms with van der Waals surface area (Å²) < 4.78 is 0. The van der Waals surface area contributed by atoms with E-state index >= 15 is 0 Å². The van der Waals surface area contributed by atoms with E-state index in [1.54, 1.807) is 0 Å². The molecule has 0 bridgehead atoms. The minimum atomic E-state index is -1.52. The number of nitrogens with two attached hydrogens (primary N) is 2. The first-order valence-electron chi connectivity index (χ1n) is 14.1. The van der Waals surface area contributed by atoms with Crippen molar-refractivity contribution in [2.75, 3.05) is 11.5 Å². The molecule has 0 amide bonds. The van der Waals surface area contributed by atoms with Crippen LogP contribution in [0.2, 0.25) is 0 Å². The van der Waals surface area contributed by atoms with Gasteiger partial charge in [0.05, 0.1) is 81.4 Å². The van der Waals surface area contributed by atoms with Crippen molar-refractivity contribution in [2.45, 2.75) is 13.8 Å². The average molecular weight is 841 g/mol. The Labute approximate surface area is 329 Å². The molecule has 10 N–H and O–H groups in total. The number of carbonyl (C=O) groups is 6. The molecular weight excluding hydrogens is 810 g/mol. The zero-order valence-corrected chi connectivity index (χ0v) is 31.0. The van der Waals surface area contributed by atoms with Gasteiger partial charge in [0, 0.05) is 12.1 Å². The maximum Gasteiger partial charge on any atom is 4.00 e. The molecule has 0 aliphatic heterocycles. The first kappa shape index (κ1) is 52.3. The normalized spacial score (nSPS) is 8.76. The molecule has 0 radical (unpaired) electrons. The first-order chi connectivity index (χ1) is 24.4. The molecule has 0 aromatic carbocycles. The number of aryl methyl sites for hydroxylation is 2. The van der Waals surface area contributed by atoms with Gasteiger partial charge in [-0.25, -0.2) is 24.9 Å². The fraction of sp³-hybridized carbons (Fsp3) is 0.0606. The fourth-order valence-electron chi connectivity index (χ4n) is 3.20. The van der Waals surface area contributed by atoms with Crippen molar-refractivity contribution >= 4 is 47.5 Å². The molecule has 5 heterocycles. The van der Waals surface area contributed by atoms with Crippen LogP contribution in [0.3, 0.4) is 0 Å². The Morgan fingerprint density at radius 1 is 0.418 bits per heavy atom. The van der Waals surface area contributed by atoms with Gasteiger partial charge in [0.1, 0.15) is 0 Å². The third kappa shape index (κ3) is 21.2. The molecule has 0 aliphatic carbocycles. The topological polar surface area (TPSA) is 423 Å². The molecule has 22 heteroatoms. The number of hydrogen-bond donors (Lipinski definition) is 2. The number of aromatic carboxylic acids is 6. The molecule has 21 nitrogen and oxygen atoms in total. The molecule has 0 saturated heterocycles. The molecule has 0 atom stereocenters. The van der Waals surface area contributed by atoms with E-state index < -0.39 is 70.0 Å². The van der Waals surface area contributed by atoms with Gasteiger partial charge in [-0.05, 0) is 62.4 Å². The van der Waals surface area contributed by atoms with E-state index in [1.807, 2.05) is 50.2 Å². The number of nitrogens with one attached hydrogen (secondary N) is 2. The number of carboxylic acids is 6. The summed E-state index contributed by atoms with van der Waals surface area (Å²) in [5.41, 5.74) is 10.5. The number of nitrogen functional groups attached to an aromatic ring is 2. The number of anilines is 2. The van der Waals surface area contributed by atoms with Gasteiger partial charge in [-0.15, -0.1) is 0 Å². The van der Waals surface area contributed by atoms with E-state index in [0.717, 1.165) is 47.8 Å². The summed E-state index contributed by atoms with van der Waals surface area (Å²) >= 11 is 0. The van der Waals surface area contributed by atoms with Crippen molar-refractivity contribution in [1.82, 2.24) is 15.0 Å². The zero-order valence-electron chi connectivity index (χ0n) is 28.6. The van der Waals surface area contributed by atoms with E-state index in [1.165, 1.54) is 18.2 Å². The molecule has 0 unspecified atom stereocenters. The molecular formula is C33H31N7O14Zr. The third-order valence-corrected chi connectivity index (χ3v) is 5.43. The van der Waals surface area contributed by atoms with Crippen molar-refractivity contribution in [2.24, 2.45) is 0 Å². The molecule has 286 valence electrons. The molecule has 5 rings (SSSR count). The maximum atomic E-state index is 10.2. The van der Waals surface area contributed by atoms with Crippen LogP contribution in [0.5, 0.6) is 0 Å². The first-order valence-corrected chi connectivity index (χ1v) is 14.1. The standard InChI is InChI=1S/3C7H5NO4.2C6H8N2.2H2O.Zr/c3*9-6(10)4-2-1-3-5(8-4)7(11)12;2*1-5-3-2-4-6(7)8-5;;;/h3*1-3H,(H,9,10)(H,11,12);2*2-4H,1H3,(H2,7,8);2*1H2;/q;;;;;;;+4/p-4. The molecule has 55 heavy (non-hydrogen) atoms. The van der Waals surface area contributed by atoms with Crippen LogP contribution < -0.4 is 52.1 Å². The zero-order chi connectivity index (χ0) is 39.4. The van der Waals surface area contributed by atoms with E-state index in [4.69, 9.17) is 11.5 Å². The van der Waals surface area contributed by atoms with Gasteiger partial charge >= 0.3 is 26.2 Å². The molecule has 0 aliphatic rings. The van der Waals surface area contributed by atoms with Crippen LogP contribution >= 0.6 is 0 Å². The second-order valence-electron chi connectivity index (χ2n) is 9.53. The summed E-state index contributed by atoms with van der Waals surface area (Å²) in [6, 6.07) is 22.0. The quantitative estimate of drug-likeness (QED) is 0.160. The SMILES string of the molecule is Cc1cccc(N)[nH+]1.Cc1cccc(N)[nH+]1.O.O.O=C([O-])c1cccc(C(=O)[O-])n1.O=C([O-])c1cccc(C(=O)[O-])n1.O=C([O-])c1cccc(C(=O)[O-])n1.[Zr+4]. The van der Waals surface area contributed by atoms with Crippen LogP contribution in [0, 0.1) is 13.8 Å². The van der Waals surface area contributed by atoms with Crippen LogP contribution in [-0.2, 0) is 26.2 Å². The Bertz CT molecular complexity index is 1730. The molecule has 5 aromatic heterocycles. The Balaban J connectivity index is -0.000000612. The van der Waals surface area contributed by atoms with E-state index in [9.17, 15) is 59.4 Å². The summed E-state index contributed by atoms with van der Waals surface area (Å²) in [5.74, 6) is -7.67. The Hall–Kier alpha value is -7.03. The van der Waals surface area contributed by atoms with Crippen LogP contribution in [-0.4, -0.2) is 61.7 Å². The van der Waals surface area contributed by atoms with Crippen molar-refractivity contribution < 1.29 is 107 Å². The van der Waals surface area contributed by atoms with Crippen LogP contribution in [0.25, 0.3) is 0 Å². The van der Waals surface area contributed by atoms with Gasteiger partial charge in [-0.3, -0.25) is 11.5 Å². The second-order valence-corrected chi connectivity index (χ2v) is 9.53. The number of rotatable bonds is 6. The average Bonchev–Trinajstić information content (AvgIpc) is 3.09. The number of hydrogen-bond acceptors (Lipinski definition) is 17. The van der Waals surface area contributed by atoms with Crippen molar-refractivity contribution in [3.05, 3.63) is 137 Å². The fourth-order valence-corrected chi connectivity index (χ4v) is 3.20. The number of pyridine rings is 5. The summed E-state index contributed by atoms with van der Waals surface area (Å²) in [4.78, 5) is 76.8. The summed E-state index contributed by atoms with van der Waals surface area (Å²) in [6.45, 7) is 3.94. The predicted molar refractivity (Wildman–Crippen MR) is 170 cm³/mol. The molecule has 0 fully saturated rings. The minimum absolute atomic E-state index is 0. The second kappa shape index (κ2) is 26.7. The summed E-state index contributed by atoms with van der Waals surface area (Å²) in [5, 5.41) is 61.1. The van der Waals surface area contributed by atoms with Crippen molar-refractivity contribution in [3.63, 3.8) is 0 Å². The monoisotopic (exact) mass is 839 g/mol. The van der Waals surface area contributed by atoms with Gasteiger partial charge in [0.2, 0.25) is 0 Å². The Kier molecular flexibility index (Phi) is 25.4. The van der Waals surface area contributed by atoms with E-state index in [0.29, 0.717) is 11.6 Å². The van der Waals surface area contributed by atoms with E-state index in [2.05, 4.69) is 24.9 Å². The number of nitrogens with zero attached hydrogens (tertiary/aromatic N) is 3. The van der Waals surface area contributed by atoms with Crippen molar-refractivity contribution in [1.29, 1.82) is 0 Å². The number of aromatic amines is 2. The largest absolute Gasteiger partial charge is 4.00 e. The van der Waals surface area contributed by atoms with Gasteiger partial charge < -0.3 is 70.4 Å². The molecule has 0 saturated carbocycles. The van der Waals surface area contributed by atoms with Crippen LogP contribution in [0.1, 0.15) is 74.3 Å². The van der Waals surface area contributed by atoms with Gasteiger partial charge in [0.25, 0.3) is 11.6 Å². The molecule has 5 aromatic rings. The minimum Gasteiger partial charge on any atom is -0.543 e. The predicted octanol–water partition coefficient (Wildman–Crippen LogP) is -7.44. The Morgan fingerprint density at radius 3 is 0.727 bits per heavy atom. The van der Waals surface area contributed by atoms with Crippen LogP contribution in [0.4, 0.5) is 11.6 Å². The van der Waals surface area contributed by atoms with Gasteiger partial charge in [0.15, 0.2) is 0 Å². The maximum absolute atomic E-state index is 10.2. The van der Waals surface area contributed by atoms with Gasteiger partial charge in [-0.1, -0.05) is 30.3 Å². The van der Waals surface area contributed by atoms with Crippen molar-refractivity contribution in [3.8, 4) is 0 Å². The smallest absolute Gasteiger partial charge is 0.543 e. The van der Waals surface area contributed by atoms with Gasteiger partial charge in [-0.2, -0.15) is 0 Å².